The zero-order valence-corrected chi connectivity index (χ0v) is 13.7. The first kappa shape index (κ1) is 16.8. The van der Waals surface area contributed by atoms with Crippen molar-refractivity contribution in [3.05, 3.63) is 35.5 Å². The first-order valence-corrected chi connectivity index (χ1v) is 8.88. The fourth-order valence-electron chi connectivity index (χ4n) is 2.25. The molecule has 1 atom stereocenters. The fourth-order valence-corrected chi connectivity index (χ4v) is 4.53. The van der Waals surface area contributed by atoms with Gasteiger partial charge in [-0.2, -0.15) is 0 Å². The van der Waals surface area contributed by atoms with Crippen LogP contribution in [-0.2, 0) is 9.84 Å². The number of hydrogen-bond donors (Lipinski definition) is 1. The van der Waals surface area contributed by atoms with Gasteiger partial charge in [0.15, 0.2) is 15.5 Å². The molecule has 0 unspecified atom stereocenters. The van der Waals surface area contributed by atoms with E-state index in [2.05, 4.69) is 16.9 Å². The molecule has 8 heteroatoms. The van der Waals surface area contributed by atoms with Gasteiger partial charge in [0.05, 0.1) is 22.1 Å². The summed E-state index contributed by atoms with van der Waals surface area (Å²) in [5, 5.41) is 2.88. The van der Waals surface area contributed by atoms with E-state index in [0.29, 0.717) is 6.42 Å². The standard InChI is InChI=1S/C14H17ClN2O4S/c1-3-7-21-11-5-4-10(15)12(16-11)13(18)17-14(2)6-8-22(19,20)9-14/h3-5H,1,6-9H2,2H3,(H,17,18)/t14-/m0/s1. The molecule has 6 nitrogen and oxygen atoms in total. The Morgan fingerprint density at radius 2 is 2.32 bits per heavy atom. The summed E-state index contributed by atoms with van der Waals surface area (Å²) in [5.41, 5.74) is -0.799. The maximum absolute atomic E-state index is 12.3. The SMILES string of the molecule is C=CCOc1ccc(Cl)c(C(=O)N[C@@]2(C)CCS(=O)(=O)C2)n1. The maximum atomic E-state index is 12.3. The molecule has 120 valence electrons. The van der Waals surface area contributed by atoms with E-state index in [1.54, 1.807) is 19.1 Å². The van der Waals surface area contributed by atoms with Crippen molar-refractivity contribution in [1.82, 2.24) is 10.3 Å². The number of nitrogens with one attached hydrogen (secondary N) is 1. The van der Waals surface area contributed by atoms with Crippen LogP contribution in [0.4, 0.5) is 0 Å². The first-order valence-electron chi connectivity index (χ1n) is 6.68. The van der Waals surface area contributed by atoms with Gasteiger partial charge in [0.2, 0.25) is 5.88 Å². The molecule has 1 aromatic heterocycles. The Labute approximate surface area is 134 Å². The number of hydrogen-bond acceptors (Lipinski definition) is 5. The molecule has 0 bridgehead atoms. The predicted octanol–water partition coefficient (Wildman–Crippen LogP) is 1.61. The molecule has 1 aliphatic rings. The average Bonchev–Trinajstić information content (AvgIpc) is 2.71. The largest absolute Gasteiger partial charge is 0.473 e. The van der Waals surface area contributed by atoms with Crippen LogP contribution in [0.3, 0.4) is 0 Å². The third-order valence-electron chi connectivity index (χ3n) is 3.30. The van der Waals surface area contributed by atoms with Gasteiger partial charge in [0.1, 0.15) is 6.61 Å². The summed E-state index contributed by atoms with van der Waals surface area (Å²) in [6.45, 7) is 5.48. The molecule has 0 aliphatic carbocycles. The highest BCUT2D eigenvalue weighted by atomic mass is 35.5. The second-order valence-corrected chi connectivity index (χ2v) is 8.03. The Kier molecular flexibility index (Phi) is 4.77. The molecule has 0 spiro atoms. The number of nitrogens with zero attached hydrogens (tertiary/aromatic N) is 1. The van der Waals surface area contributed by atoms with Gasteiger partial charge in [-0.3, -0.25) is 4.79 Å². The van der Waals surface area contributed by atoms with Crippen LogP contribution in [0.2, 0.25) is 5.02 Å². The summed E-state index contributed by atoms with van der Waals surface area (Å²) < 4.78 is 28.4. The average molecular weight is 345 g/mol. The van der Waals surface area contributed by atoms with Gasteiger partial charge in [0.25, 0.3) is 5.91 Å². The van der Waals surface area contributed by atoms with Gasteiger partial charge in [-0.25, -0.2) is 13.4 Å². The van der Waals surface area contributed by atoms with E-state index in [9.17, 15) is 13.2 Å². The molecule has 1 fully saturated rings. The smallest absolute Gasteiger partial charge is 0.272 e. The van der Waals surface area contributed by atoms with E-state index < -0.39 is 21.3 Å². The highest BCUT2D eigenvalue weighted by Crippen LogP contribution is 2.24. The Morgan fingerprint density at radius 1 is 1.59 bits per heavy atom. The number of pyridine rings is 1. The third-order valence-corrected chi connectivity index (χ3v) is 5.51. The maximum Gasteiger partial charge on any atom is 0.272 e. The quantitative estimate of drug-likeness (QED) is 0.820. The lowest BCUT2D eigenvalue weighted by Crippen LogP contribution is -2.47. The monoisotopic (exact) mass is 344 g/mol. The van der Waals surface area contributed by atoms with Crippen LogP contribution < -0.4 is 10.1 Å². The summed E-state index contributed by atoms with van der Waals surface area (Å²) in [7, 11) is -3.12. The first-order chi connectivity index (χ1) is 10.2. The molecule has 0 aromatic carbocycles. The van der Waals surface area contributed by atoms with E-state index in [-0.39, 0.29) is 34.7 Å². The molecule has 22 heavy (non-hydrogen) atoms. The van der Waals surface area contributed by atoms with Crippen LogP contribution in [0.1, 0.15) is 23.8 Å². The highest BCUT2D eigenvalue weighted by molar-refractivity contribution is 7.91. The number of halogens is 1. The minimum absolute atomic E-state index is 0.00810. The van der Waals surface area contributed by atoms with Crippen LogP contribution in [-0.4, -0.2) is 43.0 Å². The fraction of sp³-hybridized carbons (Fsp3) is 0.429. The van der Waals surface area contributed by atoms with Crippen LogP contribution in [0.15, 0.2) is 24.8 Å². The molecule has 1 saturated heterocycles. The van der Waals surface area contributed by atoms with Crippen molar-refractivity contribution < 1.29 is 17.9 Å². The number of carbonyl (C=O) groups is 1. The number of sulfone groups is 1. The van der Waals surface area contributed by atoms with Gasteiger partial charge in [-0.1, -0.05) is 24.3 Å². The molecular formula is C14H17ClN2O4S. The van der Waals surface area contributed by atoms with Crippen LogP contribution >= 0.6 is 11.6 Å². The summed E-state index contributed by atoms with van der Waals surface area (Å²) in [4.78, 5) is 16.4. The number of aromatic nitrogens is 1. The summed E-state index contributed by atoms with van der Waals surface area (Å²) in [5.74, 6) is -0.295. The number of ether oxygens (including phenoxy) is 1. The molecule has 1 aliphatic heterocycles. The lowest BCUT2D eigenvalue weighted by molar-refractivity contribution is 0.0909. The highest BCUT2D eigenvalue weighted by Gasteiger charge is 2.40. The molecule has 2 rings (SSSR count). The van der Waals surface area contributed by atoms with Gasteiger partial charge in [-0.15, -0.1) is 0 Å². The second kappa shape index (κ2) is 6.26. The Morgan fingerprint density at radius 3 is 2.91 bits per heavy atom. The minimum atomic E-state index is -3.12. The lowest BCUT2D eigenvalue weighted by Gasteiger charge is -2.23. The normalized spacial score (nSPS) is 23.0. The van der Waals surface area contributed by atoms with E-state index in [1.165, 1.54) is 6.07 Å². The Balaban J connectivity index is 2.17. The molecule has 1 N–H and O–H groups in total. The predicted molar refractivity (Wildman–Crippen MR) is 84.1 cm³/mol. The van der Waals surface area contributed by atoms with Crippen LogP contribution in [0, 0.1) is 0 Å². The number of rotatable bonds is 5. The van der Waals surface area contributed by atoms with E-state index in [1.807, 2.05) is 0 Å². The van der Waals surface area contributed by atoms with Crippen LogP contribution in [0.25, 0.3) is 0 Å². The molecule has 1 aromatic rings. The van der Waals surface area contributed by atoms with E-state index in [4.69, 9.17) is 16.3 Å². The van der Waals surface area contributed by atoms with Gasteiger partial charge >= 0.3 is 0 Å². The summed E-state index contributed by atoms with van der Waals surface area (Å²) >= 11 is 5.99. The van der Waals surface area contributed by atoms with Crippen molar-refractivity contribution in [3.63, 3.8) is 0 Å². The van der Waals surface area contributed by atoms with Crippen molar-refractivity contribution in [1.29, 1.82) is 0 Å². The Bertz CT molecular complexity index is 705. The zero-order chi connectivity index (χ0) is 16.4. The minimum Gasteiger partial charge on any atom is -0.473 e. The van der Waals surface area contributed by atoms with Crippen LogP contribution in [0.5, 0.6) is 5.88 Å². The van der Waals surface area contributed by atoms with Gasteiger partial charge in [-0.05, 0) is 19.4 Å². The summed E-state index contributed by atoms with van der Waals surface area (Å²) in [6.07, 6.45) is 1.92. The zero-order valence-electron chi connectivity index (χ0n) is 12.1. The van der Waals surface area contributed by atoms with Crippen molar-refractivity contribution in [2.75, 3.05) is 18.1 Å². The van der Waals surface area contributed by atoms with Gasteiger partial charge < -0.3 is 10.1 Å². The van der Waals surface area contributed by atoms with Crippen molar-refractivity contribution in [2.24, 2.45) is 0 Å². The molecule has 0 saturated carbocycles. The molecule has 0 radical (unpaired) electrons. The number of carbonyl (C=O) groups excluding carboxylic acids is 1. The van der Waals surface area contributed by atoms with Crippen molar-refractivity contribution in [2.45, 2.75) is 18.9 Å². The summed E-state index contributed by atoms with van der Waals surface area (Å²) in [6, 6.07) is 3.06. The van der Waals surface area contributed by atoms with Crippen molar-refractivity contribution >= 4 is 27.3 Å². The third kappa shape index (κ3) is 3.98. The molecule has 1 amide bonds. The van der Waals surface area contributed by atoms with E-state index in [0.717, 1.165) is 0 Å². The molecule has 2 heterocycles. The van der Waals surface area contributed by atoms with E-state index >= 15 is 0 Å². The second-order valence-electron chi connectivity index (χ2n) is 5.44. The topological polar surface area (TPSA) is 85.4 Å². The van der Waals surface area contributed by atoms with Crippen molar-refractivity contribution in [3.8, 4) is 5.88 Å². The molecular weight excluding hydrogens is 328 g/mol. The number of amides is 1. The Hall–Kier alpha value is -1.60. The lowest BCUT2D eigenvalue weighted by atomic mass is 10.0. The van der Waals surface area contributed by atoms with Gasteiger partial charge in [0, 0.05) is 6.07 Å².